The van der Waals surface area contributed by atoms with E-state index in [0.29, 0.717) is 15.2 Å². The van der Waals surface area contributed by atoms with Crippen LogP contribution in [0.15, 0.2) is 27.3 Å². The smallest absolute Gasteiger partial charge is 0.319 e. The molecule has 8 nitrogen and oxygen atoms in total. The van der Waals surface area contributed by atoms with Crippen LogP contribution in [0.2, 0.25) is 5.02 Å². The number of carbonyl (C=O) groups is 1. The maximum Gasteiger partial charge on any atom is 0.471 e. The Morgan fingerprint density at radius 2 is 2.08 bits per heavy atom. The summed E-state index contributed by atoms with van der Waals surface area (Å²) in [6.07, 6.45) is -1.11. The number of rotatable bonds is 5. The molecule has 0 radical (unpaired) electrons. The van der Waals surface area contributed by atoms with Crippen LogP contribution in [-0.2, 0) is 9.09 Å². The maximum atomic E-state index is 12.5. The molecule has 0 saturated heterocycles. The highest BCUT2D eigenvalue weighted by atomic mass is 79.9. The molecule has 0 aliphatic heterocycles. The minimum Gasteiger partial charge on any atom is -0.319 e. The highest BCUT2D eigenvalue weighted by Gasteiger charge is 2.27. The quantitative estimate of drug-likeness (QED) is 0.511. The third-order valence-electron chi connectivity index (χ3n) is 3.02. The number of nitrogens with one attached hydrogen (secondary N) is 1. The Morgan fingerprint density at radius 3 is 2.64 bits per heavy atom. The van der Waals surface area contributed by atoms with Crippen LogP contribution < -0.4 is 5.32 Å². The number of hydrogen-bond donors (Lipinski definition) is 3. The second kappa shape index (κ2) is 7.87. The van der Waals surface area contributed by atoms with Gasteiger partial charge in [0.15, 0.2) is 11.9 Å². The highest BCUT2D eigenvalue weighted by molar-refractivity contribution is 9.13. The standard InChI is InChI=1S/C13H13Br2ClN3O5P/c1-6-3-4-9(8(16)5-6)17-13(20)11-10(14)12(15)19(18-11)7(2)24-25(21,22)23/h3-5,7H,1-2H3,(H,17,20)(H2,21,22,23). The lowest BCUT2D eigenvalue weighted by molar-refractivity contribution is 0.0857. The topological polar surface area (TPSA) is 114 Å². The molecule has 2 rings (SSSR count). The summed E-state index contributed by atoms with van der Waals surface area (Å²) in [5, 5.41) is 7.04. The fourth-order valence-electron chi connectivity index (χ4n) is 1.93. The molecule has 3 N–H and O–H groups in total. The first-order chi connectivity index (χ1) is 11.5. The Labute approximate surface area is 165 Å². The highest BCUT2D eigenvalue weighted by Crippen LogP contribution is 2.42. The molecule has 12 heteroatoms. The Kier molecular flexibility index (Phi) is 6.48. The number of aryl methyl sites for hydroxylation is 1. The lowest BCUT2D eigenvalue weighted by Crippen LogP contribution is -2.15. The number of phosphoric ester groups is 1. The van der Waals surface area contributed by atoms with E-state index >= 15 is 0 Å². The molecule has 0 fully saturated rings. The summed E-state index contributed by atoms with van der Waals surface area (Å²) < 4.78 is 17.2. The third kappa shape index (κ3) is 5.13. The van der Waals surface area contributed by atoms with Gasteiger partial charge in [0.2, 0.25) is 0 Å². The fourth-order valence-corrected chi connectivity index (χ4v) is 3.69. The molecule has 1 unspecified atom stereocenters. The number of halogens is 3. The number of anilines is 1. The SMILES string of the molecule is Cc1ccc(NC(=O)c2nn(C(C)OP(=O)(O)O)c(Br)c2Br)c(Cl)c1. The Morgan fingerprint density at radius 1 is 1.44 bits per heavy atom. The van der Waals surface area contributed by atoms with E-state index in [4.69, 9.17) is 21.4 Å². The van der Waals surface area contributed by atoms with Gasteiger partial charge < -0.3 is 15.1 Å². The Hall–Kier alpha value is -0.740. The first-order valence-corrected chi connectivity index (χ1v) is 10.2. The fraction of sp³-hybridized carbons (Fsp3) is 0.231. The molecular weight excluding hydrogens is 504 g/mol. The summed E-state index contributed by atoms with van der Waals surface area (Å²) in [5.41, 5.74) is 1.35. The molecule has 1 aromatic heterocycles. The molecule has 136 valence electrons. The van der Waals surface area contributed by atoms with E-state index in [-0.39, 0.29) is 10.3 Å². The van der Waals surface area contributed by atoms with Gasteiger partial charge >= 0.3 is 7.82 Å². The molecular formula is C13H13Br2ClN3O5P. The van der Waals surface area contributed by atoms with Crippen LogP contribution in [-0.4, -0.2) is 25.5 Å². The number of phosphoric acid groups is 1. The van der Waals surface area contributed by atoms with E-state index in [1.165, 1.54) is 6.92 Å². The molecule has 25 heavy (non-hydrogen) atoms. The third-order valence-corrected chi connectivity index (χ3v) is 5.96. The van der Waals surface area contributed by atoms with Crippen molar-refractivity contribution in [1.29, 1.82) is 0 Å². The number of amides is 1. The second-order valence-electron chi connectivity index (χ2n) is 5.03. The van der Waals surface area contributed by atoms with E-state index < -0.39 is 20.0 Å². The average Bonchev–Trinajstić information content (AvgIpc) is 2.77. The van der Waals surface area contributed by atoms with Crippen molar-refractivity contribution < 1.29 is 23.7 Å². The number of carbonyl (C=O) groups excluding carboxylic acids is 1. The van der Waals surface area contributed by atoms with E-state index in [0.717, 1.165) is 10.2 Å². The van der Waals surface area contributed by atoms with Gasteiger partial charge in [-0.15, -0.1) is 0 Å². The first kappa shape index (κ1) is 20.6. The molecule has 0 saturated carbocycles. The molecule has 0 bridgehead atoms. The van der Waals surface area contributed by atoms with Gasteiger partial charge in [-0.05, 0) is 63.4 Å². The van der Waals surface area contributed by atoms with Crippen molar-refractivity contribution in [2.45, 2.75) is 20.1 Å². The number of nitrogens with zero attached hydrogens (tertiary/aromatic N) is 2. The van der Waals surface area contributed by atoms with Crippen LogP contribution in [0.25, 0.3) is 0 Å². The number of hydrogen-bond acceptors (Lipinski definition) is 4. The van der Waals surface area contributed by atoms with Gasteiger partial charge in [0, 0.05) is 0 Å². The predicted molar refractivity (Wildman–Crippen MR) is 99.6 cm³/mol. The van der Waals surface area contributed by atoms with Crippen LogP contribution in [0.5, 0.6) is 0 Å². The largest absolute Gasteiger partial charge is 0.471 e. The van der Waals surface area contributed by atoms with Crippen molar-refractivity contribution in [3.8, 4) is 0 Å². The summed E-state index contributed by atoms with van der Waals surface area (Å²) in [4.78, 5) is 30.3. The van der Waals surface area contributed by atoms with Crippen molar-refractivity contribution in [3.63, 3.8) is 0 Å². The summed E-state index contributed by atoms with van der Waals surface area (Å²) in [6.45, 7) is 3.25. The van der Waals surface area contributed by atoms with Gasteiger partial charge in [-0.1, -0.05) is 17.7 Å². The monoisotopic (exact) mass is 515 g/mol. The van der Waals surface area contributed by atoms with Crippen LogP contribution in [0.3, 0.4) is 0 Å². The number of benzene rings is 1. The van der Waals surface area contributed by atoms with Crippen LogP contribution in [0.1, 0.15) is 29.2 Å². The molecule has 0 spiro atoms. The van der Waals surface area contributed by atoms with E-state index in [1.807, 2.05) is 6.92 Å². The maximum absolute atomic E-state index is 12.5. The number of aromatic nitrogens is 2. The van der Waals surface area contributed by atoms with Crippen molar-refractivity contribution in [2.24, 2.45) is 0 Å². The van der Waals surface area contributed by atoms with Crippen molar-refractivity contribution >= 4 is 62.9 Å². The van der Waals surface area contributed by atoms with Crippen molar-refractivity contribution in [1.82, 2.24) is 9.78 Å². The minimum atomic E-state index is -4.72. The average molecular weight is 517 g/mol. The van der Waals surface area contributed by atoms with Crippen LogP contribution in [0.4, 0.5) is 5.69 Å². The van der Waals surface area contributed by atoms with E-state index in [1.54, 1.807) is 18.2 Å². The van der Waals surface area contributed by atoms with Crippen molar-refractivity contribution in [2.75, 3.05) is 5.32 Å². The predicted octanol–water partition coefficient (Wildman–Crippen LogP) is 4.25. The van der Waals surface area contributed by atoms with Gasteiger partial charge in [-0.3, -0.25) is 9.32 Å². The lowest BCUT2D eigenvalue weighted by Gasteiger charge is -2.14. The van der Waals surface area contributed by atoms with Gasteiger partial charge in [0.05, 0.1) is 15.2 Å². The van der Waals surface area contributed by atoms with Gasteiger partial charge in [-0.25, -0.2) is 9.25 Å². The summed E-state index contributed by atoms with van der Waals surface area (Å²) >= 11 is 12.5. The van der Waals surface area contributed by atoms with Crippen LogP contribution >= 0.6 is 51.3 Å². The summed E-state index contributed by atoms with van der Waals surface area (Å²) in [5.74, 6) is -0.555. The Bertz CT molecular complexity index is 870. The van der Waals surface area contributed by atoms with E-state index in [9.17, 15) is 9.36 Å². The zero-order valence-electron chi connectivity index (χ0n) is 12.9. The summed E-state index contributed by atoms with van der Waals surface area (Å²) in [6, 6.07) is 5.16. The molecule has 1 amide bonds. The first-order valence-electron chi connectivity index (χ1n) is 6.74. The molecule has 1 heterocycles. The normalized spacial score (nSPS) is 12.9. The van der Waals surface area contributed by atoms with Crippen LogP contribution in [0, 0.1) is 6.92 Å². The molecule has 0 aliphatic rings. The van der Waals surface area contributed by atoms with Crippen molar-refractivity contribution in [3.05, 3.63) is 43.6 Å². The molecule has 1 atom stereocenters. The summed E-state index contributed by atoms with van der Waals surface area (Å²) in [7, 11) is -4.72. The van der Waals surface area contributed by atoms with Gasteiger partial charge in [0.1, 0.15) is 4.60 Å². The minimum absolute atomic E-state index is 0.00956. The molecule has 2 aromatic rings. The van der Waals surface area contributed by atoms with Gasteiger partial charge in [0.25, 0.3) is 5.91 Å². The second-order valence-corrected chi connectivity index (χ2v) is 8.17. The lowest BCUT2D eigenvalue weighted by atomic mass is 10.2. The molecule has 0 aliphatic carbocycles. The molecule has 1 aromatic carbocycles. The Balaban J connectivity index is 2.29. The van der Waals surface area contributed by atoms with E-state index in [2.05, 4.69) is 46.8 Å². The zero-order valence-corrected chi connectivity index (χ0v) is 17.7. The zero-order chi connectivity index (χ0) is 18.9. The van der Waals surface area contributed by atoms with Gasteiger partial charge in [-0.2, -0.15) is 5.10 Å².